The lowest BCUT2D eigenvalue weighted by Gasteiger charge is -2.33. The van der Waals surface area contributed by atoms with Crippen LogP contribution < -0.4 is 16.0 Å². The Hall–Kier alpha value is -1.92. The van der Waals surface area contributed by atoms with Crippen LogP contribution in [0.3, 0.4) is 0 Å². The molecule has 0 spiro atoms. The first kappa shape index (κ1) is 16.0. The van der Waals surface area contributed by atoms with E-state index in [2.05, 4.69) is 5.32 Å². The number of nitrogens with one attached hydrogen (secondary N) is 1. The molecule has 0 radical (unpaired) electrons. The summed E-state index contributed by atoms with van der Waals surface area (Å²) in [7, 11) is 0. The second-order valence-corrected chi connectivity index (χ2v) is 6.23. The van der Waals surface area contributed by atoms with E-state index in [1.807, 2.05) is 24.3 Å². The molecule has 1 aromatic carbocycles. The summed E-state index contributed by atoms with van der Waals surface area (Å²) in [5.74, 6) is -0.361. The van der Waals surface area contributed by atoms with Crippen molar-refractivity contribution >= 4 is 17.5 Å². The average molecular weight is 317 g/mol. The minimum absolute atomic E-state index is 0.0209. The van der Waals surface area contributed by atoms with Gasteiger partial charge in [-0.1, -0.05) is 18.2 Å². The Balaban J connectivity index is 1.61. The van der Waals surface area contributed by atoms with E-state index in [0.717, 1.165) is 18.5 Å². The number of nitrogens with two attached hydrogens (primary N) is 1. The second kappa shape index (κ2) is 6.68. The lowest BCUT2D eigenvalue weighted by molar-refractivity contribution is -0.131. The number of para-hydroxylation sites is 1. The zero-order valence-corrected chi connectivity index (χ0v) is 13.2. The van der Waals surface area contributed by atoms with Gasteiger partial charge >= 0.3 is 0 Å². The number of carbonyl (C=O) groups excluding carboxylic acids is 2. The highest BCUT2D eigenvalue weighted by Crippen LogP contribution is 2.26. The Morgan fingerprint density at radius 1 is 1.26 bits per heavy atom. The zero-order valence-electron chi connectivity index (χ0n) is 13.2. The molecule has 6 nitrogen and oxygen atoms in total. The van der Waals surface area contributed by atoms with Crippen LogP contribution in [-0.2, 0) is 20.7 Å². The van der Waals surface area contributed by atoms with Crippen LogP contribution in [0.5, 0.6) is 0 Å². The molecular weight excluding hydrogens is 294 g/mol. The quantitative estimate of drug-likeness (QED) is 0.854. The number of hydrogen-bond acceptors (Lipinski definition) is 4. The molecule has 23 heavy (non-hydrogen) atoms. The van der Waals surface area contributed by atoms with Gasteiger partial charge in [0.2, 0.25) is 11.8 Å². The maximum Gasteiger partial charge on any atom is 0.246 e. The molecule has 0 bridgehead atoms. The Morgan fingerprint density at radius 3 is 2.78 bits per heavy atom. The van der Waals surface area contributed by atoms with Gasteiger partial charge in [-0.15, -0.1) is 0 Å². The highest BCUT2D eigenvalue weighted by atomic mass is 16.5. The van der Waals surface area contributed by atoms with Gasteiger partial charge in [0.25, 0.3) is 0 Å². The smallest absolute Gasteiger partial charge is 0.246 e. The summed E-state index contributed by atoms with van der Waals surface area (Å²) in [4.78, 5) is 26.5. The third kappa shape index (κ3) is 3.38. The molecule has 1 aromatic rings. The third-order valence-electron chi connectivity index (χ3n) is 4.65. The summed E-state index contributed by atoms with van der Waals surface area (Å²) in [5, 5.41) is 2.71. The van der Waals surface area contributed by atoms with Crippen molar-refractivity contribution < 1.29 is 14.3 Å². The fraction of sp³-hybridized carbons (Fsp3) is 0.529. The van der Waals surface area contributed by atoms with Gasteiger partial charge in [0.05, 0.1) is 12.1 Å². The van der Waals surface area contributed by atoms with Crippen LogP contribution in [0, 0.1) is 0 Å². The van der Waals surface area contributed by atoms with E-state index in [1.165, 1.54) is 5.56 Å². The largest absolute Gasteiger partial charge is 0.381 e. The predicted octanol–water partition coefficient (Wildman–Crippen LogP) is 0.590. The maximum absolute atomic E-state index is 12.5. The van der Waals surface area contributed by atoms with E-state index >= 15 is 0 Å². The third-order valence-corrected chi connectivity index (χ3v) is 4.65. The first-order valence-corrected chi connectivity index (χ1v) is 8.13. The molecule has 0 unspecified atom stereocenters. The van der Waals surface area contributed by atoms with Crippen LogP contribution in [0.2, 0.25) is 0 Å². The fourth-order valence-electron chi connectivity index (χ4n) is 3.18. The lowest BCUT2D eigenvalue weighted by atomic mass is 9.90. The molecule has 2 heterocycles. The molecule has 1 fully saturated rings. The molecule has 0 aromatic heterocycles. The number of hydrogen-bond donors (Lipinski definition) is 2. The minimum atomic E-state index is -0.918. The molecule has 3 rings (SSSR count). The van der Waals surface area contributed by atoms with Crippen molar-refractivity contribution in [2.45, 2.75) is 31.2 Å². The monoisotopic (exact) mass is 317 g/mol. The van der Waals surface area contributed by atoms with Crippen molar-refractivity contribution in [1.29, 1.82) is 0 Å². The van der Waals surface area contributed by atoms with Gasteiger partial charge < -0.3 is 20.7 Å². The Labute approximate surface area is 136 Å². The summed E-state index contributed by atoms with van der Waals surface area (Å²) >= 11 is 0. The number of aryl methyl sites for hydroxylation is 1. The van der Waals surface area contributed by atoms with Gasteiger partial charge in [0, 0.05) is 25.4 Å². The first-order chi connectivity index (χ1) is 11.1. The second-order valence-electron chi connectivity index (χ2n) is 6.23. The van der Waals surface area contributed by atoms with Crippen molar-refractivity contribution in [2.24, 2.45) is 5.73 Å². The maximum atomic E-state index is 12.5. The van der Waals surface area contributed by atoms with Crippen LogP contribution in [0.4, 0.5) is 5.69 Å². The van der Waals surface area contributed by atoms with Gasteiger partial charge in [-0.3, -0.25) is 9.59 Å². The molecule has 0 atom stereocenters. The molecule has 2 aliphatic heterocycles. The van der Waals surface area contributed by atoms with Crippen LogP contribution in [0.25, 0.3) is 0 Å². The Kier molecular flexibility index (Phi) is 4.63. The molecule has 0 aliphatic carbocycles. The molecule has 6 heteroatoms. The van der Waals surface area contributed by atoms with Crippen molar-refractivity contribution in [3.63, 3.8) is 0 Å². The number of fused-ring (bicyclic) bond motifs is 1. The van der Waals surface area contributed by atoms with E-state index in [-0.39, 0.29) is 18.4 Å². The van der Waals surface area contributed by atoms with Gasteiger partial charge in [-0.2, -0.15) is 0 Å². The van der Waals surface area contributed by atoms with Crippen LogP contribution in [0.1, 0.15) is 24.8 Å². The topological polar surface area (TPSA) is 84.7 Å². The number of rotatable bonds is 3. The summed E-state index contributed by atoms with van der Waals surface area (Å²) in [6, 6.07) is 7.92. The summed E-state index contributed by atoms with van der Waals surface area (Å²) < 4.78 is 5.24. The van der Waals surface area contributed by atoms with Crippen molar-refractivity contribution in [3.8, 4) is 0 Å². The fourth-order valence-corrected chi connectivity index (χ4v) is 3.18. The molecule has 3 N–H and O–H groups in total. The normalized spacial score (nSPS) is 19.8. The lowest BCUT2D eigenvalue weighted by Crippen LogP contribution is -2.58. The predicted molar refractivity (Wildman–Crippen MR) is 87.1 cm³/mol. The SMILES string of the molecule is NC1(C(=O)NCC(=O)N2CCCc3ccccc32)CCOCC1. The van der Waals surface area contributed by atoms with E-state index in [9.17, 15) is 9.59 Å². The Morgan fingerprint density at radius 2 is 2.00 bits per heavy atom. The number of ether oxygens (including phenoxy) is 1. The molecular formula is C17H23N3O3. The minimum Gasteiger partial charge on any atom is -0.381 e. The number of carbonyl (C=O) groups is 2. The van der Waals surface area contributed by atoms with E-state index in [1.54, 1.807) is 4.90 Å². The summed E-state index contributed by atoms with van der Waals surface area (Å²) in [6.45, 7) is 1.63. The number of nitrogens with zero attached hydrogens (tertiary/aromatic N) is 1. The molecule has 2 amide bonds. The molecule has 0 saturated carbocycles. The zero-order chi connectivity index (χ0) is 16.3. The van der Waals surface area contributed by atoms with E-state index in [4.69, 9.17) is 10.5 Å². The first-order valence-electron chi connectivity index (χ1n) is 8.13. The van der Waals surface area contributed by atoms with Gasteiger partial charge in [0.15, 0.2) is 0 Å². The number of benzene rings is 1. The van der Waals surface area contributed by atoms with Crippen LogP contribution in [0.15, 0.2) is 24.3 Å². The van der Waals surface area contributed by atoms with Crippen molar-refractivity contribution in [2.75, 3.05) is 31.2 Å². The molecule has 124 valence electrons. The molecule has 2 aliphatic rings. The van der Waals surface area contributed by atoms with E-state index in [0.29, 0.717) is 32.6 Å². The standard InChI is InChI=1S/C17H23N3O3/c18-17(7-10-23-11-8-17)16(22)19-12-15(21)20-9-3-5-13-4-1-2-6-14(13)20/h1-2,4,6H,3,5,7-12,18H2,(H,19,22). The van der Waals surface area contributed by atoms with Gasteiger partial charge in [-0.05, 0) is 37.3 Å². The van der Waals surface area contributed by atoms with Crippen molar-refractivity contribution in [1.82, 2.24) is 5.32 Å². The highest BCUT2D eigenvalue weighted by molar-refractivity contribution is 5.98. The molecule has 1 saturated heterocycles. The number of anilines is 1. The highest BCUT2D eigenvalue weighted by Gasteiger charge is 2.36. The van der Waals surface area contributed by atoms with Crippen LogP contribution >= 0.6 is 0 Å². The van der Waals surface area contributed by atoms with Gasteiger partial charge in [-0.25, -0.2) is 0 Å². The van der Waals surface area contributed by atoms with Crippen LogP contribution in [-0.4, -0.2) is 43.7 Å². The Bertz CT molecular complexity index is 597. The summed E-state index contributed by atoms with van der Waals surface area (Å²) in [5.41, 5.74) is 7.34. The van der Waals surface area contributed by atoms with Gasteiger partial charge in [0.1, 0.15) is 0 Å². The average Bonchev–Trinajstić information content (AvgIpc) is 2.59. The van der Waals surface area contributed by atoms with E-state index < -0.39 is 5.54 Å². The number of amides is 2. The summed E-state index contributed by atoms with van der Waals surface area (Å²) in [6.07, 6.45) is 2.90. The van der Waals surface area contributed by atoms with Crippen molar-refractivity contribution in [3.05, 3.63) is 29.8 Å².